The summed E-state index contributed by atoms with van der Waals surface area (Å²) in [6.07, 6.45) is -3.32. The van der Waals surface area contributed by atoms with E-state index in [1.54, 1.807) is 30.3 Å². The van der Waals surface area contributed by atoms with Crippen LogP contribution in [0.5, 0.6) is 0 Å². The molecular weight excluding hydrogens is 333 g/mol. The molecule has 0 unspecified atom stereocenters. The van der Waals surface area contributed by atoms with Crippen LogP contribution in [0.1, 0.15) is 12.5 Å². The summed E-state index contributed by atoms with van der Waals surface area (Å²) < 4.78 is 37.6. The normalized spacial score (nSPS) is 12.8. The number of rotatable bonds is 4. The first-order chi connectivity index (χ1) is 11.8. The van der Waals surface area contributed by atoms with E-state index in [9.17, 15) is 23.1 Å². The fourth-order valence-corrected chi connectivity index (χ4v) is 1.91. The maximum atomic E-state index is 12.5. The number of amides is 1. The topological polar surface area (TPSA) is 61.7 Å². The van der Waals surface area contributed by atoms with Crippen molar-refractivity contribution >= 4 is 23.5 Å². The molecule has 0 radical (unpaired) electrons. The lowest BCUT2D eigenvalue weighted by atomic mass is 10.2. The molecule has 25 heavy (non-hydrogen) atoms. The minimum absolute atomic E-state index is 0.0937. The Kier molecular flexibility index (Phi) is 5.59. The molecule has 7 heteroatoms. The van der Waals surface area contributed by atoms with E-state index in [2.05, 4.69) is 10.3 Å². The van der Waals surface area contributed by atoms with Crippen LogP contribution in [-0.2, 0) is 11.0 Å². The van der Waals surface area contributed by atoms with Gasteiger partial charge in [0.15, 0.2) is 0 Å². The Labute approximate surface area is 142 Å². The highest BCUT2D eigenvalue weighted by Gasteiger charge is 2.29. The summed E-state index contributed by atoms with van der Waals surface area (Å²) in [6.45, 7) is 1.32. The summed E-state index contributed by atoms with van der Waals surface area (Å²) in [5.74, 6) is -0.842. The average molecular weight is 348 g/mol. The van der Waals surface area contributed by atoms with Gasteiger partial charge in [0, 0.05) is 11.9 Å². The van der Waals surface area contributed by atoms with Crippen LogP contribution in [-0.4, -0.2) is 17.2 Å². The quantitative estimate of drug-likeness (QED) is 0.470. The van der Waals surface area contributed by atoms with Gasteiger partial charge in [-0.2, -0.15) is 13.2 Å². The van der Waals surface area contributed by atoms with Crippen molar-refractivity contribution in [2.24, 2.45) is 4.99 Å². The Bertz CT molecular complexity index is 791. The number of hydrogen-bond donors (Lipinski definition) is 2. The molecule has 0 bridgehead atoms. The summed E-state index contributed by atoms with van der Waals surface area (Å²) in [6, 6.07) is 12.8. The average Bonchev–Trinajstić information content (AvgIpc) is 2.55. The third-order valence-corrected chi connectivity index (χ3v) is 3.20. The van der Waals surface area contributed by atoms with E-state index in [1.807, 2.05) is 0 Å². The molecule has 0 aliphatic carbocycles. The molecule has 0 heterocycles. The lowest BCUT2D eigenvalue weighted by Gasteiger charge is -2.07. The van der Waals surface area contributed by atoms with Crippen LogP contribution >= 0.6 is 0 Å². The van der Waals surface area contributed by atoms with Gasteiger partial charge in [-0.25, -0.2) is 0 Å². The fraction of sp³-hybridized carbons (Fsp3) is 0.111. The summed E-state index contributed by atoms with van der Waals surface area (Å²) in [5.41, 5.74) is -0.125. The summed E-state index contributed by atoms with van der Waals surface area (Å²) >= 11 is 0. The van der Waals surface area contributed by atoms with Crippen molar-refractivity contribution in [2.45, 2.75) is 13.1 Å². The van der Waals surface area contributed by atoms with E-state index in [0.717, 1.165) is 18.3 Å². The van der Waals surface area contributed by atoms with E-state index in [-0.39, 0.29) is 17.0 Å². The van der Waals surface area contributed by atoms with Gasteiger partial charge in [-0.3, -0.25) is 9.79 Å². The molecule has 0 fully saturated rings. The zero-order chi connectivity index (χ0) is 18.4. The van der Waals surface area contributed by atoms with Crippen LogP contribution in [0.4, 0.5) is 24.5 Å². The molecule has 0 saturated carbocycles. The number of aliphatic hydroxyl groups excluding tert-OH is 1. The maximum absolute atomic E-state index is 12.5. The Hall–Kier alpha value is -3.09. The third-order valence-electron chi connectivity index (χ3n) is 3.20. The monoisotopic (exact) mass is 348 g/mol. The second-order valence-electron chi connectivity index (χ2n) is 5.12. The number of nitrogens with zero attached hydrogens (tertiary/aromatic N) is 1. The van der Waals surface area contributed by atoms with Gasteiger partial charge in [-0.1, -0.05) is 18.2 Å². The Morgan fingerprint density at radius 1 is 1.08 bits per heavy atom. The number of benzene rings is 2. The van der Waals surface area contributed by atoms with E-state index >= 15 is 0 Å². The van der Waals surface area contributed by atoms with E-state index in [4.69, 9.17) is 0 Å². The van der Waals surface area contributed by atoms with Crippen molar-refractivity contribution in [1.29, 1.82) is 0 Å². The SMILES string of the molecule is C/C(O)=C(\C=Nc1ccc(C(F)(F)F)cc1)C(=O)Nc1ccccc1. The standard InChI is InChI=1S/C18H15F3N2O2/c1-12(24)16(17(25)23-15-5-3-2-4-6-15)11-22-14-9-7-13(8-10-14)18(19,20)21/h2-11,24H,1H3,(H,23,25)/b16-12-,22-11?. The van der Waals surface area contributed by atoms with Crippen LogP contribution < -0.4 is 5.32 Å². The van der Waals surface area contributed by atoms with Gasteiger partial charge in [0.25, 0.3) is 5.91 Å². The van der Waals surface area contributed by atoms with Gasteiger partial charge in [0.05, 0.1) is 16.8 Å². The number of carbonyl (C=O) groups is 1. The Balaban J connectivity index is 2.15. The first kappa shape index (κ1) is 18.3. The lowest BCUT2D eigenvalue weighted by Crippen LogP contribution is -2.16. The number of alkyl halides is 3. The van der Waals surface area contributed by atoms with Crippen molar-refractivity contribution in [3.63, 3.8) is 0 Å². The number of halogens is 3. The van der Waals surface area contributed by atoms with Crippen molar-refractivity contribution in [1.82, 2.24) is 0 Å². The minimum Gasteiger partial charge on any atom is -0.512 e. The largest absolute Gasteiger partial charge is 0.512 e. The highest BCUT2D eigenvalue weighted by atomic mass is 19.4. The van der Waals surface area contributed by atoms with Crippen LogP contribution in [0.25, 0.3) is 0 Å². The molecule has 2 rings (SSSR count). The van der Waals surface area contributed by atoms with Crippen molar-refractivity contribution < 1.29 is 23.1 Å². The fourth-order valence-electron chi connectivity index (χ4n) is 1.91. The highest BCUT2D eigenvalue weighted by Crippen LogP contribution is 2.30. The number of aliphatic hydroxyl groups is 1. The molecule has 0 aliphatic rings. The molecule has 0 aromatic heterocycles. The molecule has 0 saturated heterocycles. The van der Waals surface area contributed by atoms with Gasteiger partial charge in [-0.15, -0.1) is 0 Å². The molecule has 130 valence electrons. The van der Waals surface area contributed by atoms with Gasteiger partial charge in [0.1, 0.15) is 5.76 Å². The molecule has 2 N–H and O–H groups in total. The van der Waals surface area contributed by atoms with Crippen molar-refractivity contribution in [2.75, 3.05) is 5.32 Å². The number of hydrogen-bond acceptors (Lipinski definition) is 3. The van der Waals surface area contributed by atoms with Crippen molar-refractivity contribution in [3.05, 3.63) is 71.5 Å². The van der Waals surface area contributed by atoms with Gasteiger partial charge in [-0.05, 0) is 43.3 Å². The molecule has 2 aromatic carbocycles. The molecule has 0 atom stereocenters. The van der Waals surface area contributed by atoms with Gasteiger partial charge >= 0.3 is 6.18 Å². The number of anilines is 1. The summed E-state index contributed by atoms with van der Waals surface area (Å²) in [5, 5.41) is 12.3. The first-order valence-electron chi connectivity index (χ1n) is 7.25. The lowest BCUT2D eigenvalue weighted by molar-refractivity contribution is -0.137. The number of carbonyl (C=O) groups excluding carboxylic acids is 1. The second kappa shape index (κ2) is 7.65. The predicted molar refractivity (Wildman–Crippen MR) is 90.0 cm³/mol. The van der Waals surface area contributed by atoms with E-state index < -0.39 is 17.6 Å². The number of allylic oxidation sites excluding steroid dienone is 1. The first-order valence-corrected chi connectivity index (χ1v) is 7.25. The van der Waals surface area contributed by atoms with E-state index in [0.29, 0.717) is 5.69 Å². The third kappa shape index (κ3) is 5.20. The predicted octanol–water partition coefficient (Wildman–Crippen LogP) is 4.88. The second-order valence-corrected chi connectivity index (χ2v) is 5.12. The molecule has 1 amide bonds. The summed E-state index contributed by atoms with van der Waals surface area (Å²) in [7, 11) is 0. The number of nitrogens with one attached hydrogen (secondary N) is 1. The maximum Gasteiger partial charge on any atom is 0.416 e. The van der Waals surface area contributed by atoms with Crippen molar-refractivity contribution in [3.8, 4) is 0 Å². The molecule has 4 nitrogen and oxygen atoms in total. The molecule has 0 aliphatic heterocycles. The highest BCUT2D eigenvalue weighted by molar-refractivity contribution is 6.18. The molecule has 2 aromatic rings. The minimum atomic E-state index is -4.43. The smallest absolute Gasteiger partial charge is 0.416 e. The number of aliphatic imine (C=N–C) groups is 1. The van der Waals surface area contributed by atoms with Crippen LogP contribution in [0.3, 0.4) is 0 Å². The Morgan fingerprint density at radius 2 is 1.68 bits per heavy atom. The van der Waals surface area contributed by atoms with Gasteiger partial charge in [0.2, 0.25) is 0 Å². The van der Waals surface area contributed by atoms with E-state index in [1.165, 1.54) is 19.1 Å². The molecular formula is C18H15F3N2O2. The zero-order valence-electron chi connectivity index (χ0n) is 13.2. The van der Waals surface area contributed by atoms with Crippen LogP contribution in [0.15, 0.2) is 70.9 Å². The van der Waals surface area contributed by atoms with Crippen LogP contribution in [0.2, 0.25) is 0 Å². The number of para-hydroxylation sites is 1. The zero-order valence-corrected chi connectivity index (χ0v) is 13.2. The molecule has 0 spiro atoms. The Morgan fingerprint density at radius 3 is 2.20 bits per heavy atom. The summed E-state index contributed by atoms with van der Waals surface area (Å²) in [4.78, 5) is 16.1. The van der Waals surface area contributed by atoms with Gasteiger partial charge < -0.3 is 10.4 Å². The van der Waals surface area contributed by atoms with Crippen LogP contribution in [0, 0.1) is 0 Å².